The van der Waals surface area contributed by atoms with Crippen LogP contribution >= 0.6 is 0 Å². The van der Waals surface area contributed by atoms with Gasteiger partial charge < -0.3 is 9.67 Å². The van der Waals surface area contributed by atoms with Crippen LogP contribution in [0.5, 0.6) is 0 Å². The molecule has 1 saturated carbocycles. The fraction of sp³-hybridized carbons (Fsp3) is 0.632. The fourth-order valence-corrected chi connectivity index (χ4v) is 4.77. The quantitative estimate of drug-likeness (QED) is 0.910. The van der Waals surface area contributed by atoms with E-state index in [2.05, 4.69) is 22.6 Å². The van der Waals surface area contributed by atoms with E-state index in [9.17, 15) is 9.50 Å². The summed E-state index contributed by atoms with van der Waals surface area (Å²) in [4.78, 5) is 4.25. The number of rotatable bonds is 3. The lowest BCUT2D eigenvalue weighted by molar-refractivity contribution is 0.0513. The predicted octanol–water partition coefficient (Wildman–Crippen LogP) is 4.14. The molecule has 0 aromatic carbocycles. The highest BCUT2D eigenvalue weighted by Gasteiger charge is 2.44. The fourth-order valence-electron chi connectivity index (χ4n) is 4.77. The van der Waals surface area contributed by atoms with E-state index in [0.717, 1.165) is 24.5 Å². The van der Waals surface area contributed by atoms with Crippen molar-refractivity contribution < 1.29 is 9.50 Å². The molecule has 1 N–H and O–H groups in total. The lowest BCUT2D eigenvalue weighted by atomic mass is 9.76. The Morgan fingerprint density at radius 2 is 2.13 bits per heavy atom. The monoisotopic (exact) mass is 316 g/mol. The smallest absolute Gasteiger partial charge is 0.106 e. The maximum Gasteiger partial charge on any atom is 0.106 e. The second kappa shape index (κ2) is 5.90. The summed E-state index contributed by atoms with van der Waals surface area (Å²) in [5, 5.41) is 10.8. The Morgan fingerprint density at radius 1 is 1.35 bits per heavy atom. The van der Waals surface area contributed by atoms with E-state index >= 15 is 0 Å². The van der Waals surface area contributed by atoms with Crippen LogP contribution in [0.3, 0.4) is 0 Å². The molecule has 1 aliphatic heterocycles. The molecule has 1 aromatic heterocycles. The van der Waals surface area contributed by atoms with Gasteiger partial charge in [0.15, 0.2) is 0 Å². The highest BCUT2D eigenvalue weighted by Crippen LogP contribution is 2.50. The summed E-state index contributed by atoms with van der Waals surface area (Å²) in [6.45, 7) is 2.29. The van der Waals surface area contributed by atoms with Crippen molar-refractivity contribution in [3.05, 3.63) is 42.3 Å². The predicted molar refractivity (Wildman–Crippen MR) is 87.6 cm³/mol. The minimum atomic E-state index is -0.347. The number of aliphatic hydroxyl groups excluding tert-OH is 1. The third kappa shape index (κ3) is 2.57. The lowest BCUT2D eigenvalue weighted by Crippen LogP contribution is -2.29. The Kier molecular flexibility index (Phi) is 3.88. The van der Waals surface area contributed by atoms with Crippen molar-refractivity contribution in [2.24, 2.45) is 17.8 Å². The van der Waals surface area contributed by atoms with Gasteiger partial charge in [0.1, 0.15) is 5.83 Å². The van der Waals surface area contributed by atoms with Gasteiger partial charge in [0.25, 0.3) is 0 Å². The summed E-state index contributed by atoms with van der Waals surface area (Å²) in [7, 11) is 0. The number of aromatic nitrogens is 2. The second-order valence-corrected chi connectivity index (χ2v) is 7.60. The van der Waals surface area contributed by atoms with Gasteiger partial charge in [-0.15, -0.1) is 0 Å². The molecule has 4 atom stereocenters. The zero-order valence-corrected chi connectivity index (χ0v) is 13.6. The van der Waals surface area contributed by atoms with Crippen LogP contribution in [0.25, 0.3) is 0 Å². The first kappa shape index (κ1) is 15.1. The molecule has 2 aliphatic carbocycles. The average Bonchev–Trinajstić information content (AvgIpc) is 3.12. The minimum absolute atomic E-state index is 0.0203. The molecule has 23 heavy (non-hydrogen) atoms. The number of hydrogen-bond donors (Lipinski definition) is 1. The molecule has 2 heterocycles. The van der Waals surface area contributed by atoms with Crippen LogP contribution in [0, 0.1) is 17.8 Å². The Hall–Kier alpha value is -1.42. The number of allylic oxidation sites excluding steroid dienone is 4. The molecule has 0 amide bonds. The third-order valence-electron chi connectivity index (χ3n) is 6.18. The van der Waals surface area contributed by atoms with E-state index < -0.39 is 0 Å². The molecule has 3 nitrogen and oxygen atoms in total. The number of nitrogens with zero attached hydrogens (tertiary/aromatic N) is 2. The zero-order chi connectivity index (χ0) is 16.0. The maximum atomic E-state index is 14.5. The van der Waals surface area contributed by atoms with Crippen LogP contribution in [0.1, 0.15) is 56.7 Å². The van der Waals surface area contributed by atoms with Gasteiger partial charge >= 0.3 is 0 Å². The standard InChI is InChI=1S/C19H25FN2O/c1-12-5-7-13(8-6-12)18(23)9-16-19-14(3-2-4-15(19)20)17-10-21-11-22(16)17/h2-4,10-14,16,18-19,23H,5-9H2,1H3. The summed E-state index contributed by atoms with van der Waals surface area (Å²) in [6.07, 6.45) is 13.9. The topological polar surface area (TPSA) is 38.1 Å². The first-order valence-electron chi connectivity index (χ1n) is 8.89. The van der Waals surface area contributed by atoms with E-state index in [1.54, 1.807) is 18.5 Å². The van der Waals surface area contributed by atoms with E-state index in [0.29, 0.717) is 12.3 Å². The molecular formula is C19H25FN2O. The van der Waals surface area contributed by atoms with Gasteiger partial charge in [-0.05, 0) is 37.2 Å². The third-order valence-corrected chi connectivity index (χ3v) is 6.18. The summed E-state index contributed by atoms with van der Waals surface area (Å²) in [5.74, 6) is 0.971. The SMILES string of the molecule is CC1CCC(C(O)CC2C3C(F)=CC=CC3c3cncn32)CC1. The number of hydrogen-bond acceptors (Lipinski definition) is 2. The molecule has 4 unspecified atom stereocenters. The number of imidazole rings is 1. The largest absolute Gasteiger partial charge is 0.393 e. The van der Waals surface area contributed by atoms with Crippen LogP contribution in [0.15, 0.2) is 36.6 Å². The van der Waals surface area contributed by atoms with Crippen molar-refractivity contribution in [3.63, 3.8) is 0 Å². The molecule has 124 valence electrons. The molecule has 4 heteroatoms. The van der Waals surface area contributed by atoms with Gasteiger partial charge in [0.05, 0.1) is 12.4 Å². The molecule has 4 rings (SSSR count). The highest BCUT2D eigenvalue weighted by molar-refractivity contribution is 5.33. The second-order valence-electron chi connectivity index (χ2n) is 7.60. The summed E-state index contributed by atoms with van der Waals surface area (Å²) in [5.41, 5.74) is 1.07. The van der Waals surface area contributed by atoms with Gasteiger partial charge in [0, 0.05) is 29.8 Å². The Balaban J connectivity index is 1.54. The van der Waals surface area contributed by atoms with Crippen LogP contribution < -0.4 is 0 Å². The zero-order valence-electron chi connectivity index (χ0n) is 13.6. The lowest BCUT2D eigenvalue weighted by Gasteiger charge is -2.33. The van der Waals surface area contributed by atoms with Gasteiger partial charge in [-0.25, -0.2) is 9.37 Å². The van der Waals surface area contributed by atoms with Gasteiger partial charge in [0.2, 0.25) is 0 Å². The Bertz CT molecular complexity index is 627. The van der Waals surface area contributed by atoms with Gasteiger partial charge in [-0.2, -0.15) is 0 Å². The molecule has 0 saturated heterocycles. The van der Waals surface area contributed by atoms with Crippen molar-refractivity contribution >= 4 is 0 Å². The highest BCUT2D eigenvalue weighted by atomic mass is 19.1. The number of aliphatic hydroxyl groups is 1. The van der Waals surface area contributed by atoms with E-state index in [1.165, 1.54) is 12.8 Å². The Morgan fingerprint density at radius 3 is 2.91 bits per heavy atom. The van der Waals surface area contributed by atoms with Crippen molar-refractivity contribution in [1.29, 1.82) is 0 Å². The number of halogens is 1. The van der Waals surface area contributed by atoms with E-state index in [-0.39, 0.29) is 29.8 Å². The summed E-state index contributed by atoms with van der Waals surface area (Å²) >= 11 is 0. The first-order chi connectivity index (χ1) is 11.1. The van der Waals surface area contributed by atoms with E-state index in [4.69, 9.17) is 0 Å². The summed E-state index contributed by atoms with van der Waals surface area (Å²) in [6, 6.07) is -0.0203. The first-order valence-corrected chi connectivity index (χ1v) is 8.89. The molecular weight excluding hydrogens is 291 g/mol. The van der Waals surface area contributed by atoms with Crippen molar-refractivity contribution in [2.45, 2.75) is 57.1 Å². The van der Waals surface area contributed by atoms with Crippen LogP contribution in [-0.2, 0) is 0 Å². The van der Waals surface area contributed by atoms with E-state index in [1.807, 2.05) is 6.20 Å². The van der Waals surface area contributed by atoms with Gasteiger partial charge in [-0.3, -0.25) is 0 Å². The van der Waals surface area contributed by atoms with Crippen molar-refractivity contribution in [1.82, 2.24) is 9.55 Å². The molecule has 3 aliphatic rings. The van der Waals surface area contributed by atoms with Crippen molar-refractivity contribution in [3.8, 4) is 0 Å². The van der Waals surface area contributed by atoms with Crippen LogP contribution in [0.4, 0.5) is 4.39 Å². The molecule has 0 bridgehead atoms. The normalized spacial score (nSPS) is 37.2. The Labute approximate surface area is 136 Å². The van der Waals surface area contributed by atoms with Crippen LogP contribution in [0.2, 0.25) is 0 Å². The molecule has 1 fully saturated rings. The average molecular weight is 316 g/mol. The molecule has 0 radical (unpaired) electrons. The number of fused-ring (bicyclic) bond motifs is 3. The maximum absolute atomic E-state index is 14.5. The summed E-state index contributed by atoms with van der Waals surface area (Å²) < 4.78 is 16.6. The van der Waals surface area contributed by atoms with Crippen molar-refractivity contribution in [2.75, 3.05) is 0 Å². The molecule has 1 aromatic rings. The van der Waals surface area contributed by atoms with Gasteiger partial charge in [-0.1, -0.05) is 31.9 Å². The minimum Gasteiger partial charge on any atom is -0.393 e. The van der Waals surface area contributed by atoms with Crippen LogP contribution in [-0.4, -0.2) is 20.8 Å². The molecule has 0 spiro atoms.